The molecule has 3 aromatic rings. The quantitative estimate of drug-likeness (QED) is 0.299. The highest BCUT2D eigenvalue weighted by atomic mass is 19.4. The summed E-state index contributed by atoms with van der Waals surface area (Å²) in [5.41, 5.74) is 0.254. The van der Waals surface area contributed by atoms with E-state index in [0.29, 0.717) is 5.56 Å². The molecule has 0 spiro atoms. The van der Waals surface area contributed by atoms with Crippen LogP contribution in [0.2, 0.25) is 0 Å². The monoisotopic (exact) mass is 484 g/mol. The van der Waals surface area contributed by atoms with Gasteiger partial charge in [0.15, 0.2) is 6.29 Å². The van der Waals surface area contributed by atoms with Gasteiger partial charge in [-0.1, -0.05) is 29.4 Å². The van der Waals surface area contributed by atoms with Crippen LogP contribution in [-0.4, -0.2) is 55.9 Å². The maximum absolute atomic E-state index is 13.0. The van der Waals surface area contributed by atoms with Gasteiger partial charge in [0.1, 0.15) is 25.9 Å². The first-order valence-corrected chi connectivity index (χ1v) is 9.94. The Morgan fingerprint density at radius 1 is 0.971 bits per heavy atom. The van der Waals surface area contributed by atoms with Crippen LogP contribution in [0.15, 0.2) is 47.0 Å². The normalized spacial score (nSPS) is 12.7. The van der Waals surface area contributed by atoms with Gasteiger partial charge in [-0.05, 0) is 23.8 Å². The van der Waals surface area contributed by atoms with Crippen molar-refractivity contribution in [2.24, 2.45) is 0 Å². The average Bonchev–Trinajstić information content (AvgIpc) is 3.31. The van der Waals surface area contributed by atoms with E-state index in [1.807, 2.05) is 0 Å². The van der Waals surface area contributed by atoms with Crippen LogP contribution in [0.3, 0.4) is 0 Å². The van der Waals surface area contributed by atoms with Crippen molar-refractivity contribution in [3.63, 3.8) is 0 Å². The summed E-state index contributed by atoms with van der Waals surface area (Å²) in [6.45, 7) is 0.495. The molecule has 184 valence electrons. The summed E-state index contributed by atoms with van der Waals surface area (Å²) in [7, 11) is 3.00. The molecular formula is C22H23F3N2O7. The number of aromatic hydroxyl groups is 1. The van der Waals surface area contributed by atoms with E-state index in [1.54, 1.807) is 24.3 Å². The van der Waals surface area contributed by atoms with E-state index >= 15 is 0 Å². The number of hydrogen-bond donors (Lipinski definition) is 1. The van der Waals surface area contributed by atoms with Crippen LogP contribution < -0.4 is 0 Å². The zero-order valence-corrected chi connectivity index (χ0v) is 18.4. The third-order valence-electron chi connectivity index (χ3n) is 4.45. The Bertz CT molecular complexity index is 1040. The van der Waals surface area contributed by atoms with Crippen molar-refractivity contribution in [2.75, 3.05) is 34.4 Å². The molecule has 3 rings (SSSR count). The Hall–Kier alpha value is -3.03. The van der Waals surface area contributed by atoms with Crippen LogP contribution >= 0.6 is 0 Å². The molecule has 0 fully saturated rings. The van der Waals surface area contributed by atoms with E-state index in [-0.39, 0.29) is 44.1 Å². The van der Waals surface area contributed by atoms with E-state index in [0.717, 1.165) is 17.7 Å². The summed E-state index contributed by atoms with van der Waals surface area (Å²) in [4.78, 5) is 4.16. The first-order chi connectivity index (χ1) is 16.3. The zero-order valence-electron chi connectivity index (χ0n) is 18.4. The molecule has 0 amide bonds. The Morgan fingerprint density at radius 2 is 1.68 bits per heavy atom. The van der Waals surface area contributed by atoms with Gasteiger partial charge >= 0.3 is 6.18 Å². The summed E-state index contributed by atoms with van der Waals surface area (Å²) < 4.78 is 70.3. The summed E-state index contributed by atoms with van der Waals surface area (Å²) in [5, 5.41) is 13.3. The van der Waals surface area contributed by atoms with Crippen molar-refractivity contribution >= 4 is 0 Å². The number of ether oxygens (including phenoxy) is 5. The Kier molecular flexibility index (Phi) is 8.96. The molecule has 1 heterocycles. The first-order valence-electron chi connectivity index (χ1n) is 9.94. The number of rotatable bonds is 12. The minimum absolute atomic E-state index is 0.0333. The number of hydrogen-bond acceptors (Lipinski definition) is 9. The summed E-state index contributed by atoms with van der Waals surface area (Å²) in [6.07, 6.45) is -5.38. The van der Waals surface area contributed by atoms with E-state index in [4.69, 9.17) is 28.2 Å². The highest BCUT2D eigenvalue weighted by Gasteiger charge is 2.34. The molecule has 2 aromatic carbocycles. The highest BCUT2D eigenvalue weighted by molar-refractivity contribution is 5.62. The fourth-order valence-electron chi connectivity index (χ4n) is 2.81. The van der Waals surface area contributed by atoms with Gasteiger partial charge in [-0.2, -0.15) is 18.2 Å². The van der Waals surface area contributed by atoms with Crippen molar-refractivity contribution in [1.29, 1.82) is 0 Å². The lowest BCUT2D eigenvalue weighted by Crippen LogP contribution is -2.25. The minimum Gasteiger partial charge on any atom is -0.507 e. The third-order valence-corrected chi connectivity index (χ3v) is 4.45. The Balaban J connectivity index is 1.65. The van der Waals surface area contributed by atoms with Gasteiger partial charge in [-0.3, -0.25) is 0 Å². The fourth-order valence-corrected chi connectivity index (χ4v) is 2.81. The van der Waals surface area contributed by atoms with Crippen molar-refractivity contribution < 1.29 is 46.5 Å². The molecule has 1 atom stereocenters. The van der Waals surface area contributed by atoms with Crippen molar-refractivity contribution in [1.82, 2.24) is 10.1 Å². The molecule has 0 saturated carbocycles. The fraction of sp³-hybridized carbons (Fsp3) is 0.364. The van der Waals surface area contributed by atoms with Gasteiger partial charge in [0.25, 0.3) is 5.89 Å². The molecule has 12 heteroatoms. The standard InChI is InChI=1S/C22H23F3N2O7/c1-29-12-31-11-19(33-13-30-2)32-10-14-3-5-15(6-4-14)20-26-21(34-27-20)16-7-8-18(28)17(9-16)22(23,24)25/h3-9,19,28H,10-13H2,1-2H3. The molecule has 0 saturated heterocycles. The van der Waals surface area contributed by atoms with E-state index < -0.39 is 23.8 Å². The molecule has 0 bridgehead atoms. The minimum atomic E-state index is -4.72. The lowest BCUT2D eigenvalue weighted by atomic mass is 10.1. The van der Waals surface area contributed by atoms with Crippen LogP contribution in [0.4, 0.5) is 13.2 Å². The van der Waals surface area contributed by atoms with Gasteiger partial charge in [0, 0.05) is 25.3 Å². The van der Waals surface area contributed by atoms with Gasteiger partial charge in [-0.25, -0.2) is 0 Å². The largest absolute Gasteiger partial charge is 0.507 e. The van der Waals surface area contributed by atoms with Crippen LogP contribution in [0.5, 0.6) is 5.75 Å². The predicted octanol–water partition coefficient (Wildman–Crippen LogP) is 4.21. The lowest BCUT2D eigenvalue weighted by molar-refractivity contribution is -0.223. The number of phenols is 1. The Morgan fingerprint density at radius 3 is 2.35 bits per heavy atom. The summed E-state index contributed by atoms with van der Waals surface area (Å²) >= 11 is 0. The molecule has 34 heavy (non-hydrogen) atoms. The number of alkyl halides is 3. The van der Waals surface area contributed by atoms with Crippen LogP contribution in [-0.2, 0) is 36.5 Å². The van der Waals surface area contributed by atoms with Crippen molar-refractivity contribution in [3.05, 3.63) is 53.6 Å². The lowest BCUT2D eigenvalue weighted by Gasteiger charge is -2.18. The number of nitrogens with zero attached hydrogens (tertiary/aromatic N) is 2. The SMILES string of the molecule is COCOCC(OCOC)OCc1ccc(-c2noc(-c3ccc(O)c(C(F)(F)F)c3)n2)cc1. The van der Waals surface area contributed by atoms with Gasteiger partial charge in [-0.15, -0.1) is 0 Å². The van der Waals surface area contributed by atoms with Gasteiger partial charge in [0.05, 0.1) is 12.2 Å². The number of aromatic nitrogens is 2. The average molecular weight is 484 g/mol. The third kappa shape index (κ3) is 6.98. The van der Waals surface area contributed by atoms with Gasteiger partial charge < -0.3 is 33.3 Å². The van der Waals surface area contributed by atoms with Gasteiger partial charge in [0.2, 0.25) is 5.82 Å². The second-order valence-electron chi connectivity index (χ2n) is 6.94. The molecule has 1 aromatic heterocycles. The second-order valence-corrected chi connectivity index (χ2v) is 6.94. The molecule has 0 aliphatic heterocycles. The number of benzene rings is 2. The molecule has 0 aliphatic rings. The molecule has 0 aliphatic carbocycles. The van der Waals surface area contributed by atoms with Crippen LogP contribution in [0, 0.1) is 0 Å². The highest BCUT2D eigenvalue weighted by Crippen LogP contribution is 2.38. The smallest absolute Gasteiger partial charge is 0.419 e. The van der Waals surface area contributed by atoms with E-state index in [1.165, 1.54) is 20.3 Å². The topological polar surface area (TPSA) is 105 Å². The number of phenolic OH excluding ortho intramolecular Hbond substituents is 1. The van der Waals surface area contributed by atoms with E-state index in [2.05, 4.69) is 10.1 Å². The van der Waals surface area contributed by atoms with Crippen LogP contribution in [0.25, 0.3) is 22.8 Å². The Labute approximate surface area is 193 Å². The molecular weight excluding hydrogens is 461 g/mol. The molecule has 1 unspecified atom stereocenters. The first kappa shape index (κ1) is 25.6. The number of halogens is 3. The van der Waals surface area contributed by atoms with Crippen LogP contribution in [0.1, 0.15) is 11.1 Å². The maximum Gasteiger partial charge on any atom is 0.419 e. The maximum atomic E-state index is 13.0. The molecule has 9 nitrogen and oxygen atoms in total. The summed E-state index contributed by atoms with van der Waals surface area (Å²) in [5.74, 6) is -0.797. The number of methoxy groups -OCH3 is 2. The van der Waals surface area contributed by atoms with Crippen molar-refractivity contribution in [3.8, 4) is 28.6 Å². The van der Waals surface area contributed by atoms with E-state index in [9.17, 15) is 18.3 Å². The molecule has 0 radical (unpaired) electrons. The second kappa shape index (κ2) is 11.9. The zero-order chi connectivity index (χ0) is 24.6. The van der Waals surface area contributed by atoms with Crippen molar-refractivity contribution in [2.45, 2.75) is 19.1 Å². The molecule has 1 N–H and O–H groups in total. The summed E-state index contributed by atoms with van der Waals surface area (Å²) in [6, 6.07) is 9.94. The predicted molar refractivity (Wildman–Crippen MR) is 111 cm³/mol.